The molecule has 0 aliphatic rings. The van der Waals surface area contributed by atoms with Crippen molar-refractivity contribution in [2.45, 2.75) is 33.3 Å². The summed E-state index contributed by atoms with van der Waals surface area (Å²) in [6.07, 6.45) is 0. The van der Waals surface area contributed by atoms with Gasteiger partial charge in [0.1, 0.15) is 12.4 Å². The van der Waals surface area contributed by atoms with Gasteiger partial charge >= 0.3 is 0 Å². The van der Waals surface area contributed by atoms with Gasteiger partial charge in [0.25, 0.3) is 0 Å². The Morgan fingerprint density at radius 3 is 2.48 bits per heavy atom. The van der Waals surface area contributed by atoms with Gasteiger partial charge in [0.15, 0.2) is 0 Å². The number of hydrogen-bond donors (Lipinski definition) is 1. The average Bonchev–Trinajstić information content (AvgIpc) is 2.41. The van der Waals surface area contributed by atoms with Crippen LogP contribution in [0.5, 0.6) is 5.75 Å². The maximum absolute atomic E-state index is 6.27. The zero-order valence-electron chi connectivity index (χ0n) is 12.4. The zero-order valence-corrected chi connectivity index (χ0v) is 13.9. The molecule has 0 heterocycles. The van der Waals surface area contributed by atoms with Crippen LogP contribution in [0.1, 0.15) is 36.5 Å². The topological polar surface area (TPSA) is 35.2 Å². The molecule has 0 saturated carbocycles. The van der Waals surface area contributed by atoms with Crippen LogP contribution in [0.4, 0.5) is 5.69 Å². The number of nitrogen functional groups attached to an aromatic ring is 1. The molecule has 0 saturated heterocycles. The van der Waals surface area contributed by atoms with Crippen LogP contribution in [-0.4, -0.2) is 0 Å². The van der Waals surface area contributed by atoms with E-state index in [1.165, 1.54) is 0 Å². The van der Waals surface area contributed by atoms with Crippen molar-refractivity contribution in [3.05, 3.63) is 57.1 Å². The van der Waals surface area contributed by atoms with Gasteiger partial charge in [-0.1, -0.05) is 37.0 Å². The summed E-state index contributed by atoms with van der Waals surface area (Å²) in [5, 5.41) is 1.43. The van der Waals surface area contributed by atoms with E-state index in [4.69, 9.17) is 33.7 Å². The lowest BCUT2D eigenvalue weighted by molar-refractivity contribution is 0.304. The molecular formula is C17H19Cl2NO. The van der Waals surface area contributed by atoms with Crippen molar-refractivity contribution in [3.63, 3.8) is 0 Å². The molecule has 0 aromatic heterocycles. The van der Waals surface area contributed by atoms with Gasteiger partial charge in [0.05, 0.1) is 0 Å². The van der Waals surface area contributed by atoms with Crippen LogP contribution in [0.2, 0.25) is 10.0 Å². The maximum Gasteiger partial charge on any atom is 0.123 e. The van der Waals surface area contributed by atoms with Crippen molar-refractivity contribution in [2.75, 3.05) is 5.73 Å². The highest BCUT2D eigenvalue weighted by atomic mass is 35.5. The summed E-state index contributed by atoms with van der Waals surface area (Å²) in [4.78, 5) is 0. The Balaban J connectivity index is 2.23. The molecule has 0 amide bonds. The van der Waals surface area contributed by atoms with Crippen LogP contribution in [0.25, 0.3) is 0 Å². The van der Waals surface area contributed by atoms with Gasteiger partial charge in [-0.15, -0.1) is 0 Å². The van der Waals surface area contributed by atoms with Crippen LogP contribution in [0.15, 0.2) is 30.3 Å². The van der Waals surface area contributed by atoms with Gasteiger partial charge in [-0.2, -0.15) is 0 Å². The molecule has 2 N–H and O–H groups in total. The van der Waals surface area contributed by atoms with Crippen molar-refractivity contribution in [1.82, 2.24) is 0 Å². The van der Waals surface area contributed by atoms with Gasteiger partial charge in [-0.25, -0.2) is 0 Å². The predicted molar refractivity (Wildman–Crippen MR) is 90.5 cm³/mol. The first kappa shape index (κ1) is 16.0. The fraction of sp³-hybridized carbons (Fsp3) is 0.294. The van der Waals surface area contributed by atoms with E-state index in [1.54, 1.807) is 12.1 Å². The molecule has 2 aromatic carbocycles. The highest BCUT2D eigenvalue weighted by molar-refractivity contribution is 6.31. The second kappa shape index (κ2) is 6.59. The van der Waals surface area contributed by atoms with Gasteiger partial charge in [0.2, 0.25) is 0 Å². The zero-order chi connectivity index (χ0) is 15.6. The van der Waals surface area contributed by atoms with Gasteiger partial charge in [0, 0.05) is 21.3 Å². The minimum absolute atomic E-state index is 0.344. The molecule has 4 heteroatoms. The average molecular weight is 324 g/mol. The minimum Gasteiger partial charge on any atom is -0.489 e. The van der Waals surface area contributed by atoms with E-state index in [0.29, 0.717) is 23.2 Å². The van der Waals surface area contributed by atoms with E-state index in [9.17, 15) is 0 Å². The van der Waals surface area contributed by atoms with Gasteiger partial charge in [-0.05, 0) is 54.3 Å². The number of halogens is 2. The summed E-state index contributed by atoms with van der Waals surface area (Å²) in [5.74, 6) is 1.16. The number of ether oxygens (including phenoxy) is 1. The second-order valence-electron chi connectivity index (χ2n) is 5.43. The summed E-state index contributed by atoms with van der Waals surface area (Å²) in [7, 11) is 0. The molecule has 112 valence electrons. The number of rotatable bonds is 4. The second-order valence-corrected chi connectivity index (χ2v) is 6.25. The molecule has 0 aliphatic heterocycles. The molecule has 21 heavy (non-hydrogen) atoms. The van der Waals surface area contributed by atoms with Crippen LogP contribution < -0.4 is 10.5 Å². The van der Waals surface area contributed by atoms with Crippen molar-refractivity contribution < 1.29 is 4.74 Å². The highest BCUT2D eigenvalue weighted by Gasteiger charge is 2.11. The number of benzene rings is 2. The van der Waals surface area contributed by atoms with Crippen LogP contribution in [0, 0.1) is 6.92 Å². The smallest absolute Gasteiger partial charge is 0.123 e. The molecular weight excluding hydrogens is 305 g/mol. The fourth-order valence-electron chi connectivity index (χ4n) is 2.13. The van der Waals surface area contributed by atoms with E-state index >= 15 is 0 Å². The van der Waals surface area contributed by atoms with Gasteiger partial charge < -0.3 is 10.5 Å². The Labute approximate surface area is 135 Å². The lowest BCUT2D eigenvalue weighted by Crippen LogP contribution is -2.01. The van der Waals surface area contributed by atoms with E-state index in [1.807, 2.05) is 25.1 Å². The minimum atomic E-state index is 0.344. The lowest BCUT2D eigenvalue weighted by atomic mass is 10.0. The summed E-state index contributed by atoms with van der Waals surface area (Å²) < 4.78 is 5.91. The molecule has 0 unspecified atom stereocenters. The number of hydrogen-bond acceptors (Lipinski definition) is 2. The molecule has 0 fully saturated rings. The number of nitrogens with two attached hydrogens (primary N) is 1. The van der Waals surface area contributed by atoms with E-state index < -0.39 is 0 Å². The van der Waals surface area contributed by atoms with E-state index in [-0.39, 0.29) is 0 Å². The normalized spacial score (nSPS) is 11.0. The van der Waals surface area contributed by atoms with Crippen LogP contribution in [-0.2, 0) is 6.61 Å². The SMILES string of the molecule is Cc1cc(Cl)c(C(C)C)cc1OCc1cc(N)ccc1Cl. The van der Waals surface area contributed by atoms with E-state index in [0.717, 1.165) is 27.5 Å². The first-order valence-electron chi connectivity index (χ1n) is 6.85. The Morgan fingerprint density at radius 1 is 1.10 bits per heavy atom. The third-order valence-corrected chi connectivity index (χ3v) is 4.07. The summed E-state index contributed by atoms with van der Waals surface area (Å²) in [6.45, 7) is 6.57. The Morgan fingerprint density at radius 2 is 1.81 bits per heavy atom. The molecule has 0 aliphatic carbocycles. The van der Waals surface area contributed by atoms with E-state index in [2.05, 4.69) is 13.8 Å². The molecule has 0 spiro atoms. The molecule has 2 nitrogen and oxygen atoms in total. The summed E-state index contributed by atoms with van der Waals surface area (Å²) in [5.41, 5.74) is 9.41. The standard InChI is InChI=1S/C17H19Cl2NO/c1-10(2)14-8-17(11(3)6-16(14)19)21-9-12-7-13(20)4-5-15(12)18/h4-8,10H,9,20H2,1-3H3. The Hall–Kier alpha value is -1.38. The molecule has 2 aromatic rings. The van der Waals surface area contributed by atoms with Crippen molar-refractivity contribution in [3.8, 4) is 5.75 Å². The summed E-state index contributed by atoms with van der Waals surface area (Å²) in [6, 6.07) is 9.33. The number of anilines is 1. The maximum atomic E-state index is 6.27. The third kappa shape index (κ3) is 3.84. The Bertz CT molecular complexity index is 653. The molecule has 0 bridgehead atoms. The monoisotopic (exact) mass is 323 g/mol. The quantitative estimate of drug-likeness (QED) is 0.744. The fourth-order valence-corrected chi connectivity index (χ4v) is 2.74. The largest absolute Gasteiger partial charge is 0.489 e. The first-order valence-corrected chi connectivity index (χ1v) is 7.61. The lowest BCUT2D eigenvalue weighted by Gasteiger charge is -2.15. The molecule has 2 rings (SSSR count). The summed E-state index contributed by atoms with van der Waals surface area (Å²) >= 11 is 12.4. The third-order valence-electron chi connectivity index (χ3n) is 3.37. The first-order chi connectivity index (χ1) is 9.88. The van der Waals surface area contributed by atoms with Crippen molar-refractivity contribution in [1.29, 1.82) is 0 Å². The van der Waals surface area contributed by atoms with Crippen molar-refractivity contribution >= 4 is 28.9 Å². The predicted octanol–water partition coefficient (Wildman–Crippen LogP) is 5.59. The molecule has 0 radical (unpaired) electrons. The highest BCUT2D eigenvalue weighted by Crippen LogP contribution is 2.32. The Kier molecular flexibility index (Phi) is 5.02. The van der Waals surface area contributed by atoms with Gasteiger partial charge in [-0.3, -0.25) is 0 Å². The number of aryl methyl sites for hydroxylation is 1. The van der Waals surface area contributed by atoms with Crippen LogP contribution >= 0.6 is 23.2 Å². The van der Waals surface area contributed by atoms with Crippen LogP contribution in [0.3, 0.4) is 0 Å². The molecule has 0 atom stereocenters. The van der Waals surface area contributed by atoms with Crippen molar-refractivity contribution in [2.24, 2.45) is 0 Å².